The molecule has 2 aliphatic carbocycles. The third kappa shape index (κ3) is 1.30. The number of likely N-dealkylation sites (tertiary alicyclic amines) is 1. The number of hydrogen-bond acceptors (Lipinski definition) is 3. The molecule has 0 radical (unpaired) electrons. The highest BCUT2D eigenvalue weighted by atomic mass is 16.5. The lowest BCUT2D eigenvalue weighted by atomic mass is 9.52. The van der Waals surface area contributed by atoms with Crippen molar-refractivity contribution < 1.29 is 9.47 Å². The molecule has 2 heterocycles. The second-order valence-electron chi connectivity index (χ2n) is 7.32. The van der Waals surface area contributed by atoms with Crippen molar-refractivity contribution in [3.63, 3.8) is 0 Å². The van der Waals surface area contributed by atoms with Gasteiger partial charge in [-0.05, 0) is 63.2 Å². The van der Waals surface area contributed by atoms with Crippen molar-refractivity contribution in [3.05, 3.63) is 23.3 Å². The summed E-state index contributed by atoms with van der Waals surface area (Å²) in [5.74, 6) is 2.79. The zero-order valence-corrected chi connectivity index (χ0v) is 12.9. The Morgan fingerprint density at radius 3 is 3.10 bits per heavy atom. The Labute approximate surface area is 126 Å². The minimum absolute atomic E-state index is 0.285. The van der Waals surface area contributed by atoms with E-state index in [9.17, 15) is 0 Å². The Hall–Kier alpha value is -1.22. The van der Waals surface area contributed by atoms with Gasteiger partial charge in [0.25, 0.3) is 0 Å². The first kappa shape index (κ1) is 12.3. The minimum atomic E-state index is 0.285. The van der Waals surface area contributed by atoms with Crippen LogP contribution >= 0.6 is 0 Å². The standard InChI is InChI=1S/C18H23NO2/c1-19-9-8-18-12-4-3-5-15(18)21-17-14(20-2)7-6-11(16(17)18)10-13(12)19/h6-7,12-13,15H,3-5,8-10H2,1-2H3/t12?,13?,15-,18+/m0/s1. The van der Waals surface area contributed by atoms with E-state index in [-0.39, 0.29) is 5.41 Å². The smallest absolute Gasteiger partial charge is 0.165 e. The number of likely N-dealkylation sites (N-methyl/N-ethyl adjacent to an activating group) is 1. The average molecular weight is 285 g/mol. The maximum atomic E-state index is 6.49. The predicted molar refractivity (Wildman–Crippen MR) is 81.2 cm³/mol. The van der Waals surface area contributed by atoms with Gasteiger partial charge in [-0.2, -0.15) is 0 Å². The molecular formula is C18H23NO2. The first-order valence-electron chi connectivity index (χ1n) is 8.33. The number of benzene rings is 1. The van der Waals surface area contributed by atoms with Gasteiger partial charge in [0.2, 0.25) is 0 Å². The van der Waals surface area contributed by atoms with Gasteiger partial charge in [0, 0.05) is 17.0 Å². The summed E-state index contributed by atoms with van der Waals surface area (Å²) in [6.45, 7) is 1.21. The first-order valence-corrected chi connectivity index (χ1v) is 8.33. The number of piperidine rings is 1. The number of ether oxygens (including phenoxy) is 2. The summed E-state index contributed by atoms with van der Waals surface area (Å²) in [6, 6.07) is 5.11. The van der Waals surface area contributed by atoms with E-state index < -0.39 is 0 Å². The van der Waals surface area contributed by atoms with Gasteiger partial charge in [-0.3, -0.25) is 0 Å². The fraction of sp³-hybridized carbons (Fsp3) is 0.667. The zero-order valence-electron chi connectivity index (χ0n) is 12.9. The third-order valence-corrected chi connectivity index (χ3v) is 6.71. The highest BCUT2D eigenvalue weighted by Crippen LogP contribution is 2.63. The molecule has 1 saturated carbocycles. The van der Waals surface area contributed by atoms with Crippen molar-refractivity contribution in [1.82, 2.24) is 4.90 Å². The van der Waals surface area contributed by atoms with Crippen molar-refractivity contribution in [2.75, 3.05) is 20.7 Å². The molecule has 0 amide bonds. The van der Waals surface area contributed by atoms with Crippen LogP contribution in [0.2, 0.25) is 0 Å². The van der Waals surface area contributed by atoms with Crippen LogP contribution in [0.4, 0.5) is 0 Å². The number of hydrogen-bond donors (Lipinski definition) is 0. The molecule has 4 atom stereocenters. The predicted octanol–water partition coefficient (Wildman–Crippen LogP) is 2.75. The van der Waals surface area contributed by atoms with Gasteiger partial charge < -0.3 is 14.4 Å². The lowest BCUT2D eigenvalue weighted by Crippen LogP contribution is -2.63. The molecule has 2 unspecified atom stereocenters. The van der Waals surface area contributed by atoms with E-state index in [0.717, 1.165) is 17.4 Å². The molecule has 0 aromatic heterocycles. The van der Waals surface area contributed by atoms with E-state index in [0.29, 0.717) is 12.1 Å². The van der Waals surface area contributed by atoms with Crippen LogP contribution in [0.3, 0.4) is 0 Å². The van der Waals surface area contributed by atoms with Crippen LogP contribution in [-0.2, 0) is 11.8 Å². The summed E-state index contributed by atoms with van der Waals surface area (Å²) >= 11 is 0. The Morgan fingerprint density at radius 2 is 2.24 bits per heavy atom. The fourth-order valence-electron chi connectivity index (χ4n) is 5.86. The molecule has 1 aromatic carbocycles. The molecule has 1 spiro atoms. The van der Waals surface area contributed by atoms with Crippen molar-refractivity contribution in [2.45, 2.75) is 49.7 Å². The molecule has 4 aliphatic rings. The van der Waals surface area contributed by atoms with E-state index >= 15 is 0 Å². The van der Waals surface area contributed by atoms with Gasteiger partial charge >= 0.3 is 0 Å². The highest BCUT2D eigenvalue weighted by Gasteiger charge is 2.62. The summed E-state index contributed by atoms with van der Waals surface area (Å²) in [5, 5.41) is 0. The number of methoxy groups -OCH3 is 1. The van der Waals surface area contributed by atoms with E-state index in [4.69, 9.17) is 9.47 Å². The Bertz CT molecular complexity index is 613. The normalized spacial score (nSPS) is 39.6. The van der Waals surface area contributed by atoms with Gasteiger partial charge in [0.15, 0.2) is 11.5 Å². The Kier molecular flexibility index (Phi) is 2.32. The zero-order chi connectivity index (χ0) is 14.2. The summed E-state index contributed by atoms with van der Waals surface area (Å²) in [6.07, 6.45) is 6.72. The molecule has 0 N–H and O–H groups in total. The molecule has 3 nitrogen and oxygen atoms in total. The van der Waals surface area contributed by atoms with Crippen molar-refractivity contribution >= 4 is 0 Å². The van der Waals surface area contributed by atoms with E-state index in [2.05, 4.69) is 24.1 Å². The lowest BCUT2D eigenvalue weighted by molar-refractivity contribution is -0.0426. The van der Waals surface area contributed by atoms with Gasteiger partial charge in [-0.15, -0.1) is 0 Å². The molecule has 2 bridgehead atoms. The molecular weight excluding hydrogens is 262 g/mol. The molecule has 5 rings (SSSR count). The number of nitrogens with zero attached hydrogens (tertiary/aromatic N) is 1. The molecule has 3 heteroatoms. The monoisotopic (exact) mass is 285 g/mol. The second-order valence-corrected chi connectivity index (χ2v) is 7.32. The molecule has 112 valence electrons. The van der Waals surface area contributed by atoms with Gasteiger partial charge in [0.1, 0.15) is 6.10 Å². The van der Waals surface area contributed by atoms with E-state index in [1.165, 1.54) is 49.8 Å². The molecule has 1 aromatic rings. The minimum Gasteiger partial charge on any atom is -0.493 e. The summed E-state index contributed by atoms with van der Waals surface area (Å²) < 4.78 is 12.1. The third-order valence-electron chi connectivity index (χ3n) is 6.71. The van der Waals surface area contributed by atoms with Gasteiger partial charge in [-0.25, -0.2) is 0 Å². The Morgan fingerprint density at radius 1 is 1.33 bits per heavy atom. The van der Waals surface area contributed by atoms with Crippen molar-refractivity contribution in [1.29, 1.82) is 0 Å². The summed E-state index contributed by atoms with van der Waals surface area (Å²) in [5.41, 5.74) is 3.33. The van der Waals surface area contributed by atoms with Crippen LogP contribution < -0.4 is 9.47 Å². The second kappa shape index (κ2) is 3.95. The molecule has 2 aliphatic heterocycles. The maximum absolute atomic E-state index is 6.49. The first-order chi connectivity index (χ1) is 10.3. The van der Waals surface area contributed by atoms with Gasteiger partial charge in [-0.1, -0.05) is 6.07 Å². The SMILES string of the molecule is COc1ccc2c3c1O[C@H]1CCCC4C(C2)N(C)CC[C@@]341. The molecule has 21 heavy (non-hydrogen) atoms. The summed E-state index contributed by atoms with van der Waals surface area (Å²) in [4.78, 5) is 2.60. The van der Waals surface area contributed by atoms with Crippen molar-refractivity contribution in [3.8, 4) is 11.5 Å². The lowest BCUT2D eigenvalue weighted by Gasteiger charge is -2.57. The largest absolute Gasteiger partial charge is 0.493 e. The van der Waals surface area contributed by atoms with Crippen LogP contribution in [0.5, 0.6) is 11.5 Å². The molecule has 2 fully saturated rings. The quantitative estimate of drug-likeness (QED) is 0.792. The van der Waals surface area contributed by atoms with Crippen LogP contribution in [0.25, 0.3) is 0 Å². The maximum Gasteiger partial charge on any atom is 0.165 e. The molecule has 1 saturated heterocycles. The van der Waals surface area contributed by atoms with E-state index in [1.807, 2.05) is 0 Å². The van der Waals surface area contributed by atoms with Crippen LogP contribution in [0, 0.1) is 5.92 Å². The van der Waals surface area contributed by atoms with Crippen LogP contribution in [-0.4, -0.2) is 37.7 Å². The van der Waals surface area contributed by atoms with E-state index in [1.54, 1.807) is 7.11 Å². The Balaban J connectivity index is 1.79. The van der Waals surface area contributed by atoms with Gasteiger partial charge in [0.05, 0.1) is 7.11 Å². The van der Waals surface area contributed by atoms with Crippen LogP contribution in [0.1, 0.15) is 36.8 Å². The number of rotatable bonds is 1. The van der Waals surface area contributed by atoms with Crippen molar-refractivity contribution in [2.24, 2.45) is 5.92 Å². The average Bonchev–Trinajstić information content (AvgIpc) is 2.84. The van der Waals surface area contributed by atoms with Crippen LogP contribution in [0.15, 0.2) is 12.1 Å². The highest BCUT2D eigenvalue weighted by molar-refractivity contribution is 5.60. The fourth-order valence-corrected chi connectivity index (χ4v) is 5.86. The summed E-state index contributed by atoms with van der Waals surface area (Å²) in [7, 11) is 4.07. The topological polar surface area (TPSA) is 21.7 Å².